The van der Waals surface area contributed by atoms with E-state index < -0.39 is 5.82 Å². The van der Waals surface area contributed by atoms with E-state index in [-0.39, 0.29) is 29.8 Å². The highest BCUT2D eigenvalue weighted by Crippen LogP contribution is 2.37. The summed E-state index contributed by atoms with van der Waals surface area (Å²) in [6, 6.07) is 10.7. The van der Waals surface area contributed by atoms with E-state index in [0.29, 0.717) is 24.0 Å². The van der Waals surface area contributed by atoms with E-state index in [2.05, 4.69) is 10.3 Å². The molecule has 0 spiro atoms. The van der Waals surface area contributed by atoms with Gasteiger partial charge in [0.15, 0.2) is 0 Å². The second-order valence-electron chi connectivity index (χ2n) is 8.23. The molecule has 2 fully saturated rings. The summed E-state index contributed by atoms with van der Waals surface area (Å²) in [6.07, 6.45) is 2.74. The van der Waals surface area contributed by atoms with Gasteiger partial charge in [-0.05, 0) is 56.6 Å². The van der Waals surface area contributed by atoms with Gasteiger partial charge >= 0.3 is 0 Å². The first kappa shape index (κ1) is 21.1. The number of hydrogen-bond donors (Lipinski definition) is 1. The standard InChI is InChI=1S/C23H27ClFN3O2/c1-15(30-22-7-6-19(25)12-27-22)20-13-28(23(29)17-8-10-26-11-9-17)14-21(20)16-2-4-18(24)5-3-16/h2-7,12,15,17,20-21,26H,8-11,13-14H2,1H3/t15-,20+,21+/m0/s1. The van der Waals surface area contributed by atoms with Crippen molar-refractivity contribution in [2.45, 2.75) is 31.8 Å². The lowest BCUT2D eigenvalue weighted by Gasteiger charge is -2.27. The van der Waals surface area contributed by atoms with Gasteiger partial charge < -0.3 is 15.0 Å². The number of ether oxygens (including phenoxy) is 1. The number of carbonyl (C=O) groups is 1. The topological polar surface area (TPSA) is 54.5 Å². The number of rotatable bonds is 5. The Kier molecular flexibility index (Phi) is 6.54. The van der Waals surface area contributed by atoms with Crippen LogP contribution in [0.5, 0.6) is 5.88 Å². The van der Waals surface area contributed by atoms with Crippen molar-refractivity contribution in [3.8, 4) is 5.88 Å². The van der Waals surface area contributed by atoms with Crippen molar-refractivity contribution in [1.82, 2.24) is 15.2 Å². The molecule has 2 aliphatic heterocycles. The fourth-order valence-corrected chi connectivity index (χ4v) is 4.71. The second kappa shape index (κ2) is 9.31. The van der Waals surface area contributed by atoms with Crippen molar-refractivity contribution in [3.05, 3.63) is 59.0 Å². The number of halogens is 2. The number of pyridine rings is 1. The summed E-state index contributed by atoms with van der Waals surface area (Å²) in [6.45, 7) is 5.09. The van der Waals surface area contributed by atoms with Crippen LogP contribution in [0.1, 0.15) is 31.2 Å². The Bertz CT molecular complexity index is 856. The number of amides is 1. The highest BCUT2D eigenvalue weighted by molar-refractivity contribution is 6.30. The molecule has 0 aliphatic carbocycles. The van der Waals surface area contributed by atoms with Crippen molar-refractivity contribution in [1.29, 1.82) is 0 Å². The van der Waals surface area contributed by atoms with E-state index in [0.717, 1.165) is 37.7 Å². The van der Waals surface area contributed by atoms with Crippen LogP contribution in [0.15, 0.2) is 42.6 Å². The van der Waals surface area contributed by atoms with Crippen LogP contribution in [0.2, 0.25) is 5.02 Å². The molecule has 160 valence electrons. The van der Waals surface area contributed by atoms with Gasteiger partial charge in [-0.25, -0.2) is 9.37 Å². The van der Waals surface area contributed by atoms with Crippen molar-refractivity contribution in [2.75, 3.05) is 26.2 Å². The third kappa shape index (κ3) is 4.76. The minimum Gasteiger partial charge on any atom is -0.474 e. The zero-order valence-electron chi connectivity index (χ0n) is 17.1. The molecule has 1 aromatic carbocycles. The normalized spacial score (nSPS) is 23.4. The van der Waals surface area contributed by atoms with Gasteiger partial charge in [0.25, 0.3) is 0 Å². The predicted octanol–water partition coefficient (Wildman–Crippen LogP) is 3.88. The first-order chi connectivity index (χ1) is 14.5. The molecule has 2 saturated heterocycles. The molecule has 3 atom stereocenters. The Morgan fingerprint density at radius 3 is 2.60 bits per heavy atom. The molecule has 1 aromatic heterocycles. The zero-order chi connectivity index (χ0) is 21.1. The first-order valence-corrected chi connectivity index (χ1v) is 10.9. The maximum atomic E-state index is 13.2. The van der Waals surface area contributed by atoms with Gasteiger partial charge in [-0.15, -0.1) is 0 Å². The van der Waals surface area contributed by atoms with Crippen molar-refractivity contribution < 1.29 is 13.9 Å². The van der Waals surface area contributed by atoms with Gasteiger partial charge in [-0.1, -0.05) is 23.7 Å². The molecule has 2 aromatic rings. The van der Waals surface area contributed by atoms with Crippen LogP contribution >= 0.6 is 11.6 Å². The maximum Gasteiger partial charge on any atom is 0.225 e. The number of aromatic nitrogens is 1. The van der Waals surface area contributed by atoms with E-state index in [1.807, 2.05) is 36.1 Å². The number of likely N-dealkylation sites (tertiary alicyclic amines) is 1. The summed E-state index contributed by atoms with van der Waals surface area (Å²) in [5, 5.41) is 4.01. The minimum absolute atomic E-state index is 0.0888. The smallest absolute Gasteiger partial charge is 0.225 e. The summed E-state index contributed by atoms with van der Waals surface area (Å²) >= 11 is 6.08. The monoisotopic (exact) mass is 431 g/mol. The molecular weight excluding hydrogens is 405 g/mol. The Morgan fingerprint density at radius 2 is 1.93 bits per heavy atom. The van der Waals surface area contributed by atoms with E-state index in [9.17, 15) is 9.18 Å². The molecule has 2 aliphatic rings. The summed E-state index contributed by atoms with van der Waals surface area (Å²) in [4.78, 5) is 19.2. The lowest BCUT2D eigenvalue weighted by molar-refractivity contribution is -0.135. The lowest BCUT2D eigenvalue weighted by Crippen LogP contribution is -2.40. The van der Waals surface area contributed by atoms with Crippen LogP contribution in [-0.2, 0) is 4.79 Å². The molecule has 3 heterocycles. The summed E-state index contributed by atoms with van der Waals surface area (Å²) in [7, 11) is 0. The van der Waals surface area contributed by atoms with Crippen LogP contribution < -0.4 is 10.1 Å². The molecule has 30 heavy (non-hydrogen) atoms. The van der Waals surface area contributed by atoms with Gasteiger partial charge in [0, 0.05) is 41.9 Å². The maximum absolute atomic E-state index is 13.2. The SMILES string of the molecule is C[C@H](Oc1ccc(F)cn1)[C@H]1CN(C(=O)C2CCNCC2)C[C@@H]1c1ccc(Cl)cc1. The van der Waals surface area contributed by atoms with Crippen LogP contribution in [-0.4, -0.2) is 48.1 Å². The van der Waals surface area contributed by atoms with Crippen molar-refractivity contribution in [3.63, 3.8) is 0 Å². The zero-order valence-corrected chi connectivity index (χ0v) is 17.8. The molecule has 0 saturated carbocycles. The van der Waals surface area contributed by atoms with Crippen LogP contribution in [0, 0.1) is 17.7 Å². The van der Waals surface area contributed by atoms with E-state index in [1.54, 1.807) is 0 Å². The molecule has 0 unspecified atom stereocenters. The van der Waals surface area contributed by atoms with Gasteiger partial charge in [0.2, 0.25) is 11.8 Å². The largest absolute Gasteiger partial charge is 0.474 e. The van der Waals surface area contributed by atoms with Crippen molar-refractivity contribution >= 4 is 17.5 Å². The molecule has 0 bridgehead atoms. The molecule has 1 N–H and O–H groups in total. The van der Waals surface area contributed by atoms with Gasteiger partial charge in [-0.3, -0.25) is 4.79 Å². The fraction of sp³-hybridized carbons (Fsp3) is 0.478. The first-order valence-electron chi connectivity index (χ1n) is 10.5. The Morgan fingerprint density at radius 1 is 1.20 bits per heavy atom. The van der Waals surface area contributed by atoms with Crippen LogP contribution in [0.4, 0.5) is 4.39 Å². The van der Waals surface area contributed by atoms with E-state index in [4.69, 9.17) is 16.3 Å². The van der Waals surface area contributed by atoms with Crippen LogP contribution in [0.25, 0.3) is 0 Å². The summed E-state index contributed by atoms with van der Waals surface area (Å²) in [5.41, 5.74) is 1.15. The summed E-state index contributed by atoms with van der Waals surface area (Å²) in [5.74, 6) is 0.568. The molecule has 1 amide bonds. The summed E-state index contributed by atoms with van der Waals surface area (Å²) < 4.78 is 19.2. The molecule has 7 heteroatoms. The van der Waals surface area contributed by atoms with Crippen molar-refractivity contribution in [2.24, 2.45) is 11.8 Å². The second-order valence-corrected chi connectivity index (χ2v) is 8.66. The molecular formula is C23H27ClFN3O2. The molecule has 5 nitrogen and oxygen atoms in total. The average Bonchev–Trinajstić information content (AvgIpc) is 3.21. The quantitative estimate of drug-likeness (QED) is 0.780. The Hall–Kier alpha value is -2.18. The fourth-order valence-electron chi connectivity index (χ4n) is 4.58. The highest BCUT2D eigenvalue weighted by Gasteiger charge is 2.41. The Labute approximate surface area is 181 Å². The minimum atomic E-state index is -0.395. The predicted molar refractivity (Wildman–Crippen MR) is 114 cm³/mol. The number of nitrogens with zero attached hydrogens (tertiary/aromatic N) is 2. The lowest BCUT2D eigenvalue weighted by atomic mass is 9.86. The number of carbonyl (C=O) groups excluding carboxylic acids is 1. The number of nitrogens with one attached hydrogen (secondary N) is 1. The van der Waals surface area contributed by atoms with E-state index in [1.165, 1.54) is 12.1 Å². The average molecular weight is 432 g/mol. The third-order valence-corrected chi connectivity index (χ3v) is 6.53. The van der Waals surface area contributed by atoms with E-state index >= 15 is 0 Å². The highest BCUT2D eigenvalue weighted by atomic mass is 35.5. The molecule has 0 radical (unpaired) electrons. The van der Waals surface area contributed by atoms with Crippen LogP contribution in [0.3, 0.4) is 0 Å². The Balaban J connectivity index is 1.53. The number of benzene rings is 1. The number of piperidine rings is 1. The van der Waals surface area contributed by atoms with Gasteiger partial charge in [0.1, 0.15) is 11.9 Å². The van der Waals surface area contributed by atoms with Gasteiger partial charge in [0.05, 0.1) is 6.20 Å². The molecule has 4 rings (SSSR count). The third-order valence-electron chi connectivity index (χ3n) is 6.27. The van der Waals surface area contributed by atoms with Gasteiger partial charge in [-0.2, -0.15) is 0 Å². The number of hydrogen-bond acceptors (Lipinski definition) is 4.